The van der Waals surface area contributed by atoms with E-state index >= 15 is 0 Å². The van der Waals surface area contributed by atoms with Crippen LogP contribution in [0.1, 0.15) is 41.6 Å². The maximum atomic E-state index is 12.9. The van der Waals surface area contributed by atoms with E-state index in [-0.39, 0.29) is 29.6 Å². The summed E-state index contributed by atoms with van der Waals surface area (Å²) in [6.45, 7) is 4.46. The van der Waals surface area contributed by atoms with Gasteiger partial charge in [0.2, 0.25) is 11.8 Å². The van der Waals surface area contributed by atoms with Crippen LogP contribution in [0, 0.1) is 18.8 Å². The van der Waals surface area contributed by atoms with Gasteiger partial charge in [-0.3, -0.25) is 14.4 Å². The molecule has 0 spiro atoms. The van der Waals surface area contributed by atoms with Gasteiger partial charge in [0.05, 0.1) is 23.7 Å². The predicted octanol–water partition coefficient (Wildman–Crippen LogP) is 2.58. The van der Waals surface area contributed by atoms with Crippen molar-refractivity contribution >= 4 is 29.2 Å². The molecule has 4 rings (SSSR count). The highest BCUT2D eigenvalue weighted by Gasteiger charge is 2.29. The summed E-state index contributed by atoms with van der Waals surface area (Å²) in [4.78, 5) is 45.5. The summed E-state index contributed by atoms with van der Waals surface area (Å²) in [7, 11) is 0. The first-order valence-corrected chi connectivity index (χ1v) is 11.6. The Morgan fingerprint density at radius 3 is 2.39 bits per heavy atom. The second kappa shape index (κ2) is 10.0. The molecule has 8 nitrogen and oxygen atoms in total. The highest BCUT2D eigenvalue weighted by molar-refractivity contribution is 5.96. The molecule has 2 aliphatic rings. The fourth-order valence-corrected chi connectivity index (χ4v) is 4.56. The molecule has 2 saturated heterocycles. The van der Waals surface area contributed by atoms with Crippen molar-refractivity contribution in [2.45, 2.75) is 32.6 Å². The van der Waals surface area contributed by atoms with Crippen molar-refractivity contribution in [1.82, 2.24) is 9.88 Å². The second-order valence-corrected chi connectivity index (χ2v) is 9.04. The first-order chi connectivity index (χ1) is 15.9. The smallest absolute Gasteiger partial charge is 0.253 e. The highest BCUT2D eigenvalue weighted by Crippen LogP contribution is 2.24. The minimum absolute atomic E-state index is 0.0330. The molecule has 3 N–H and O–H groups in total. The Morgan fingerprint density at radius 1 is 0.970 bits per heavy atom. The van der Waals surface area contributed by atoms with E-state index in [1.165, 1.54) is 0 Å². The van der Waals surface area contributed by atoms with Crippen LogP contribution < -0.4 is 16.0 Å². The summed E-state index contributed by atoms with van der Waals surface area (Å²) in [5, 5.41) is 2.94. The van der Waals surface area contributed by atoms with Crippen LogP contribution in [0.15, 0.2) is 42.6 Å². The molecule has 8 heteroatoms. The summed E-state index contributed by atoms with van der Waals surface area (Å²) in [5.74, 6) is -0.0486. The van der Waals surface area contributed by atoms with Crippen LogP contribution in [0.3, 0.4) is 0 Å². The van der Waals surface area contributed by atoms with Crippen LogP contribution in [-0.4, -0.2) is 53.8 Å². The normalized spacial score (nSPS) is 20.9. The van der Waals surface area contributed by atoms with Crippen molar-refractivity contribution in [3.05, 3.63) is 53.7 Å². The number of primary amides is 1. The maximum Gasteiger partial charge on any atom is 0.253 e. The molecule has 0 aliphatic carbocycles. The Bertz CT molecular complexity index is 1010. The van der Waals surface area contributed by atoms with Crippen molar-refractivity contribution in [1.29, 1.82) is 0 Å². The molecule has 2 atom stereocenters. The monoisotopic (exact) mass is 449 g/mol. The van der Waals surface area contributed by atoms with Gasteiger partial charge in [-0.2, -0.15) is 0 Å². The number of piperidine rings is 2. The molecule has 3 amide bonds. The minimum Gasteiger partial charge on any atom is -0.369 e. The van der Waals surface area contributed by atoms with Crippen LogP contribution in [0.4, 0.5) is 11.5 Å². The third-order valence-electron chi connectivity index (χ3n) is 6.54. The van der Waals surface area contributed by atoms with Gasteiger partial charge in [0.25, 0.3) is 5.91 Å². The lowest BCUT2D eigenvalue weighted by atomic mass is 9.96. The van der Waals surface area contributed by atoms with Gasteiger partial charge in [-0.1, -0.05) is 17.7 Å². The topological polar surface area (TPSA) is 109 Å². The van der Waals surface area contributed by atoms with Crippen LogP contribution in [0.25, 0.3) is 0 Å². The molecule has 174 valence electrons. The number of pyridine rings is 1. The lowest BCUT2D eigenvalue weighted by Gasteiger charge is -2.32. The Hall–Kier alpha value is -3.42. The van der Waals surface area contributed by atoms with E-state index in [1.807, 2.05) is 43.3 Å². The fourth-order valence-electron chi connectivity index (χ4n) is 4.56. The van der Waals surface area contributed by atoms with Gasteiger partial charge < -0.3 is 20.9 Å². The Kier molecular flexibility index (Phi) is 6.91. The standard InChI is InChI=1S/C25H31N5O3/c1-17-6-8-18(9-7-17)25(33)30-13-3-5-20(16-30)24(32)28-21-10-11-22(27-14-21)29-12-2-4-19(15-29)23(26)31/h6-11,14,19-20H,2-5,12-13,15-16H2,1H3,(H2,26,31)(H,28,32). The quantitative estimate of drug-likeness (QED) is 0.729. The van der Waals surface area contributed by atoms with Crippen LogP contribution >= 0.6 is 0 Å². The first kappa shape index (κ1) is 22.8. The number of benzene rings is 1. The molecule has 2 fully saturated rings. The zero-order valence-corrected chi connectivity index (χ0v) is 19.0. The number of nitrogens with one attached hydrogen (secondary N) is 1. The number of carbonyl (C=O) groups excluding carboxylic acids is 3. The number of nitrogens with two attached hydrogens (primary N) is 1. The number of rotatable bonds is 5. The van der Waals surface area contributed by atoms with E-state index in [9.17, 15) is 14.4 Å². The van der Waals surface area contributed by atoms with Gasteiger partial charge in [0, 0.05) is 31.7 Å². The molecule has 1 aromatic carbocycles. The highest BCUT2D eigenvalue weighted by atomic mass is 16.2. The molecule has 0 saturated carbocycles. The minimum atomic E-state index is -0.272. The van der Waals surface area contributed by atoms with Crippen molar-refractivity contribution < 1.29 is 14.4 Å². The van der Waals surface area contributed by atoms with Crippen LogP contribution in [0.5, 0.6) is 0 Å². The molecule has 2 aliphatic heterocycles. The Morgan fingerprint density at radius 2 is 1.70 bits per heavy atom. The van der Waals surface area contributed by atoms with E-state index < -0.39 is 0 Å². The number of aromatic nitrogens is 1. The number of hydrogen-bond donors (Lipinski definition) is 2. The first-order valence-electron chi connectivity index (χ1n) is 11.6. The van der Waals surface area contributed by atoms with E-state index in [0.717, 1.165) is 43.6 Å². The molecule has 2 unspecified atom stereocenters. The van der Waals surface area contributed by atoms with Gasteiger partial charge in [0.15, 0.2) is 0 Å². The molecular weight excluding hydrogens is 418 g/mol. The predicted molar refractivity (Wildman–Crippen MR) is 127 cm³/mol. The summed E-state index contributed by atoms with van der Waals surface area (Å²) in [5.41, 5.74) is 7.84. The average molecular weight is 450 g/mol. The zero-order valence-electron chi connectivity index (χ0n) is 19.0. The van der Waals surface area contributed by atoms with Gasteiger partial charge in [-0.15, -0.1) is 0 Å². The molecule has 0 bridgehead atoms. The summed E-state index contributed by atoms with van der Waals surface area (Å²) in [6.07, 6.45) is 4.89. The third kappa shape index (κ3) is 5.50. The number of amides is 3. The van der Waals surface area contributed by atoms with Gasteiger partial charge in [0.1, 0.15) is 5.82 Å². The second-order valence-electron chi connectivity index (χ2n) is 9.04. The lowest BCUT2D eigenvalue weighted by molar-refractivity contribution is -0.122. The van der Waals surface area contributed by atoms with Crippen LogP contribution in [0.2, 0.25) is 0 Å². The van der Waals surface area contributed by atoms with E-state index in [1.54, 1.807) is 11.1 Å². The largest absolute Gasteiger partial charge is 0.369 e. The van der Waals surface area contributed by atoms with E-state index in [4.69, 9.17) is 5.73 Å². The molecule has 2 aromatic rings. The number of aryl methyl sites for hydroxylation is 1. The van der Waals surface area contributed by atoms with Crippen LogP contribution in [-0.2, 0) is 9.59 Å². The fraction of sp³-hybridized carbons (Fsp3) is 0.440. The van der Waals surface area contributed by atoms with Crippen molar-refractivity contribution in [2.75, 3.05) is 36.4 Å². The maximum absolute atomic E-state index is 12.9. The zero-order chi connectivity index (χ0) is 23.4. The number of nitrogens with zero attached hydrogens (tertiary/aromatic N) is 3. The summed E-state index contributed by atoms with van der Waals surface area (Å²) in [6, 6.07) is 11.2. The third-order valence-corrected chi connectivity index (χ3v) is 6.54. The van der Waals surface area contributed by atoms with Gasteiger partial charge in [-0.25, -0.2) is 4.98 Å². The van der Waals surface area contributed by atoms with Crippen molar-refractivity contribution in [3.8, 4) is 0 Å². The number of hydrogen-bond acceptors (Lipinski definition) is 5. The molecule has 0 radical (unpaired) electrons. The summed E-state index contributed by atoms with van der Waals surface area (Å²) >= 11 is 0. The summed E-state index contributed by atoms with van der Waals surface area (Å²) < 4.78 is 0. The Labute approximate surface area is 194 Å². The number of carbonyl (C=O) groups is 3. The van der Waals surface area contributed by atoms with E-state index in [0.29, 0.717) is 30.9 Å². The van der Waals surface area contributed by atoms with E-state index in [2.05, 4.69) is 15.2 Å². The number of anilines is 2. The average Bonchev–Trinajstić information content (AvgIpc) is 2.84. The van der Waals surface area contributed by atoms with Crippen molar-refractivity contribution in [2.24, 2.45) is 17.6 Å². The molecule has 3 heterocycles. The molecule has 33 heavy (non-hydrogen) atoms. The van der Waals surface area contributed by atoms with Gasteiger partial charge >= 0.3 is 0 Å². The van der Waals surface area contributed by atoms with Gasteiger partial charge in [-0.05, 0) is 56.9 Å². The lowest BCUT2D eigenvalue weighted by Crippen LogP contribution is -2.43. The molecule has 1 aromatic heterocycles. The number of likely N-dealkylation sites (tertiary alicyclic amines) is 1. The SMILES string of the molecule is Cc1ccc(C(=O)N2CCCC(C(=O)Nc3ccc(N4CCCC(C(N)=O)C4)nc3)C2)cc1. The molecular formula is C25H31N5O3. The van der Waals surface area contributed by atoms with Crippen molar-refractivity contribution in [3.63, 3.8) is 0 Å². The Balaban J connectivity index is 1.34.